The molecule has 2 amide bonds. The van der Waals surface area contributed by atoms with Crippen molar-refractivity contribution in [2.24, 2.45) is 0 Å². The fourth-order valence-electron chi connectivity index (χ4n) is 3.26. The second-order valence-corrected chi connectivity index (χ2v) is 8.05. The van der Waals surface area contributed by atoms with E-state index in [1.54, 1.807) is 24.3 Å². The molecule has 2 aromatic rings. The Morgan fingerprint density at radius 1 is 1.19 bits per heavy atom. The topological polar surface area (TPSA) is 76.0 Å². The van der Waals surface area contributed by atoms with Gasteiger partial charge in [0, 0.05) is 22.3 Å². The van der Waals surface area contributed by atoms with E-state index in [0.717, 1.165) is 23.7 Å². The molecule has 0 spiro atoms. The van der Waals surface area contributed by atoms with Gasteiger partial charge < -0.3 is 4.57 Å². The van der Waals surface area contributed by atoms with E-state index in [1.165, 1.54) is 30.3 Å². The molecule has 3 rings (SSSR count). The molecular formula is C19H23ClN4O2S. The van der Waals surface area contributed by atoms with Crippen molar-refractivity contribution < 1.29 is 9.59 Å². The SMILES string of the molecule is Cc1nc(SCC(=O)NNC(=O)c2ccc(Cl)cc2)n(C2CCCC2)c1C. The van der Waals surface area contributed by atoms with Crippen molar-refractivity contribution in [2.75, 3.05) is 5.75 Å². The van der Waals surface area contributed by atoms with Crippen LogP contribution >= 0.6 is 23.4 Å². The quantitative estimate of drug-likeness (QED) is 0.584. The zero-order chi connectivity index (χ0) is 19.4. The number of rotatable bonds is 5. The van der Waals surface area contributed by atoms with Gasteiger partial charge in [0.05, 0.1) is 11.4 Å². The standard InChI is InChI=1S/C19H23ClN4O2S/c1-12-13(2)24(16-5-3-4-6-16)19(21-12)27-11-17(25)22-23-18(26)14-7-9-15(20)10-8-14/h7-10,16H,3-6,11H2,1-2H3,(H,22,25)(H,23,26). The maximum Gasteiger partial charge on any atom is 0.269 e. The Kier molecular flexibility index (Phi) is 6.44. The first-order valence-electron chi connectivity index (χ1n) is 8.98. The Bertz CT molecular complexity index is 829. The van der Waals surface area contributed by atoms with Gasteiger partial charge in [-0.1, -0.05) is 36.2 Å². The minimum atomic E-state index is -0.385. The number of halogens is 1. The Morgan fingerprint density at radius 2 is 1.85 bits per heavy atom. The molecular weight excluding hydrogens is 384 g/mol. The number of amides is 2. The molecule has 1 fully saturated rings. The highest BCUT2D eigenvalue weighted by Gasteiger charge is 2.23. The maximum atomic E-state index is 12.1. The van der Waals surface area contributed by atoms with Crippen LogP contribution in [-0.2, 0) is 4.79 Å². The van der Waals surface area contributed by atoms with Crippen molar-refractivity contribution in [1.82, 2.24) is 20.4 Å². The largest absolute Gasteiger partial charge is 0.320 e. The number of benzene rings is 1. The molecule has 1 saturated carbocycles. The normalized spacial score (nSPS) is 14.3. The number of thioether (sulfide) groups is 1. The van der Waals surface area contributed by atoms with E-state index < -0.39 is 0 Å². The van der Waals surface area contributed by atoms with Crippen LogP contribution in [0.3, 0.4) is 0 Å². The minimum absolute atomic E-state index is 0.184. The summed E-state index contributed by atoms with van der Waals surface area (Å²) in [6, 6.07) is 6.93. The Hall–Kier alpha value is -1.99. The summed E-state index contributed by atoms with van der Waals surface area (Å²) in [5.74, 6) is -0.480. The molecule has 0 atom stereocenters. The van der Waals surface area contributed by atoms with Crippen LogP contribution in [0.15, 0.2) is 29.4 Å². The van der Waals surface area contributed by atoms with E-state index in [9.17, 15) is 9.59 Å². The molecule has 8 heteroatoms. The molecule has 1 aromatic heterocycles. The van der Waals surface area contributed by atoms with Gasteiger partial charge in [0.15, 0.2) is 5.16 Å². The fourth-order valence-corrected chi connectivity index (χ4v) is 4.34. The van der Waals surface area contributed by atoms with Crippen LogP contribution in [0, 0.1) is 13.8 Å². The average molecular weight is 407 g/mol. The summed E-state index contributed by atoms with van der Waals surface area (Å²) in [6.07, 6.45) is 4.80. The first-order valence-corrected chi connectivity index (χ1v) is 10.3. The first-order chi connectivity index (χ1) is 13.0. The van der Waals surface area contributed by atoms with E-state index in [2.05, 4.69) is 27.3 Å². The van der Waals surface area contributed by atoms with Gasteiger partial charge in [-0.15, -0.1) is 0 Å². The van der Waals surface area contributed by atoms with Gasteiger partial charge in [0.25, 0.3) is 5.91 Å². The maximum absolute atomic E-state index is 12.1. The van der Waals surface area contributed by atoms with E-state index >= 15 is 0 Å². The lowest BCUT2D eigenvalue weighted by atomic mass is 10.2. The number of hydrazine groups is 1. The van der Waals surface area contributed by atoms with Crippen molar-refractivity contribution in [3.63, 3.8) is 0 Å². The zero-order valence-corrected chi connectivity index (χ0v) is 17.0. The van der Waals surface area contributed by atoms with Crippen molar-refractivity contribution in [1.29, 1.82) is 0 Å². The zero-order valence-electron chi connectivity index (χ0n) is 15.4. The predicted octanol–water partition coefficient (Wildman–Crippen LogP) is 3.82. The van der Waals surface area contributed by atoms with Crippen LogP contribution in [0.5, 0.6) is 0 Å². The second-order valence-electron chi connectivity index (χ2n) is 6.67. The predicted molar refractivity (Wildman–Crippen MR) is 107 cm³/mol. The molecule has 1 aliphatic rings. The van der Waals surface area contributed by atoms with E-state index in [4.69, 9.17) is 11.6 Å². The highest BCUT2D eigenvalue weighted by atomic mass is 35.5. The summed E-state index contributed by atoms with van der Waals surface area (Å²) in [5.41, 5.74) is 7.46. The smallest absolute Gasteiger partial charge is 0.269 e. The lowest BCUT2D eigenvalue weighted by Crippen LogP contribution is -2.42. The molecule has 0 aliphatic heterocycles. The van der Waals surface area contributed by atoms with Crippen LogP contribution in [0.25, 0.3) is 0 Å². The highest BCUT2D eigenvalue weighted by molar-refractivity contribution is 7.99. The fraction of sp³-hybridized carbons (Fsp3) is 0.421. The van der Waals surface area contributed by atoms with Gasteiger partial charge in [-0.3, -0.25) is 20.4 Å². The van der Waals surface area contributed by atoms with Gasteiger partial charge in [-0.25, -0.2) is 4.98 Å². The number of imidazole rings is 1. The number of nitrogens with zero attached hydrogens (tertiary/aromatic N) is 2. The molecule has 1 heterocycles. The molecule has 6 nitrogen and oxygen atoms in total. The van der Waals surface area contributed by atoms with E-state index in [0.29, 0.717) is 16.6 Å². The summed E-state index contributed by atoms with van der Waals surface area (Å²) in [5, 5.41) is 1.42. The van der Waals surface area contributed by atoms with Crippen LogP contribution in [0.1, 0.15) is 53.5 Å². The molecule has 2 N–H and O–H groups in total. The van der Waals surface area contributed by atoms with Crippen LogP contribution in [-0.4, -0.2) is 27.1 Å². The minimum Gasteiger partial charge on any atom is -0.320 e. The number of carbonyl (C=O) groups is 2. The van der Waals surface area contributed by atoms with Gasteiger partial charge in [0.1, 0.15) is 0 Å². The lowest BCUT2D eigenvalue weighted by molar-refractivity contribution is -0.119. The van der Waals surface area contributed by atoms with Crippen molar-refractivity contribution >= 4 is 35.2 Å². The average Bonchev–Trinajstić information content (AvgIpc) is 3.27. The van der Waals surface area contributed by atoms with Crippen molar-refractivity contribution in [2.45, 2.75) is 50.7 Å². The van der Waals surface area contributed by atoms with Crippen LogP contribution < -0.4 is 10.9 Å². The molecule has 1 aromatic carbocycles. The third-order valence-corrected chi connectivity index (χ3v) is 6.00. The summed E-state index contributed by atoms with van der Waals surface area (Å²) < 4.78 is 2.27. The monoisotopic (exact) mass is 406 g/mol. The molecule has 1 aliphatic carbocycles. The van der Waals surface area contributed by atoms with Gasteiger partial charge in [-0.2, -0.15) is 0 Å². The van der Waals surface area contributed by atoms with E-state index in [-0.39, 0.29) is 17.6 Å². The molecule has 27 heavy (non-hydrogen) atoms. The number of hydrogen-bond acceptors (Lipinski definition) is 4. The number of nitrogens with one attached hydrogen (secondary N) is 2. The van der Waals surface area contributed by atoms with Crippen molar-refractivity contribution in [3.05, 3.63) is 46.2 Å². The number of hydrogen-bond donors (Lipinski definition) is 2. The lowest BCUT2D eigenvalue weighted by Gasteiger charge is -2.16. The van der Waals surface area contributed by atoms with Gasteiger partial charge in [0.2, 0.25) is 5.91 Å². The van der Waals surface area contributed by atoms with E-state index in [1.807, 2.05) is 6.92 Å². The Morgan fingerprint density at radius 3 is 2.52 bits per heavy atom. The third kappa shape index (κ3) is 4.84. The van der Waals surface area contributed by atoms with Crippen LogP contribution in [0.4, 0.5) is 0 Å². The summed E-state index contributed by atoms with van der Waals surface area (Å²) >= 11 is 7.20. The Balaban J connectivity index is 1.54. The first kappa shape index (κ1) is 19.8. The number of aromatic nitrogens is 2. The molecule has 0 bridgehead atoms. The van der Waals surface area contributed by atoms with Crippen LogP contribution in [0.2, 0.25) is 5.02 Å². The number of aryl methyl sites for hydroxylation is 1. The molecule has 0 radical (unpaired) electrons. The highest BCUT2D eigenvalue weighted by Crippen LogP contribution is 2.35. The summed E-state index contributed by atoms with van der Waals surface area (Å²) in [6.45, 7) is 4.08. The van der Waals surface area contributed by atoms with Gasteiger partial charge in [-0.05, 0) is 51.0 Å². The van der Waals surface area contributed by atoms with Gasteiger partial charge >= 0.3 is 0 Å². The summed E-state index contributed by atoms with van der Waals surface area (Å²) in [7, 11) is 0. The molecule has 0 unspecified atom stereocenters. The molecule has 144 valence electrons. The Labute approximate surface area is 168 Å². The third-order valence-electron chi connectivity index (χ3n) is 4.80. The number of carbonyl (C=O) groups excluding carboxylic acids is 2. The van der Waals surface area contributed by atoms with Crippen molar-refractivity contribution in [3.8, 4) is 0 Å². The second kappa shape index (κ2) is 8.80. The molecule has 0 saturated heterocycles. The summed E-state index contributed by atoms with van der Waals surface area (Å²) in [4.78, 5) is 28.8.